The lowest BCUT2D eigenvalue weighted by Crippen LogP contribution is -2.30. The van der Waals surface area contributed by atoms with Crippen molar-refractivity contribution in [3.8, 4) is 5.75 Å². The summed E-state index contributed by atoms with van der Waals surface area (Å²) in [5.74, 6) is 2.02. The molecule has 0 amide bonds. The van der Waals surface area contributed by atoms with Crippen LogP contribution in [0.15, 0.2) is 28.7 Å². The predicted molar refractivity (Wildman–Crippen MR) is 77.8 cm³/mol. The average molecular weight is 313 g/mol. The summed E-state index contributed by atoms with van der Waals surface area (Å²) in [6, 6.07) is 7.96. The molecule has 2 atom stereocenters. The van der Waals surface area contributed by atoms with Crippen molar-refractivity contribution in [3.63, 3.8) is 0 Å². The van der Waals surface area contributed by atoms with Gasteiger partial charge in [-0.05, 0) is 60.5 Å². The van der Waals surface area contributed by atoms with E-state index in [1.165, 1.54) is 13.0 Å². The van der Waals surface area contributed by atoms with Gasteiger partial charge in [0, 0.05) is 12.5 Å². The number of benzene rings is 1. The fraction of sp³-hybridized carbons (Fsp3) is 0.571. The molecule has 1 fully saturated rings. The minimum absolute atomic E-state index is 0.446. The first-order valence-electron chi connectivity index (χ1n) is 6.46. The zero-order valence-electron chi connectivity index (χ0n) is 10.8. The molecule has 1 aromatic carbocycles. The van der Waals surface area contributed by atoms with E-state index in [9.17, 15) is 0 Å². The molecule has 0 aromatic heterocycles. The zero-order valence-corrected chi connectivity index (χ0v) is 12.4. The van der Waals surface area contributed by atoms with Gasteiger partial charge in [-0.1, -0.05) is 12.1 Å². The molecule has 1 aliphatic rings. The summed E-state index contributed by atoms with van der Waals surface area (Å²) in [7, 11) is 2.17. The van der Waals surface area contributed by atoms with Crippen LogP contribution in [0.3, 0.4) is 0 Å². The third kappa shape index (κ3) is 3.46. The van der Waals surface area contributed by atoms with E-state index in [1.54, 1.807) is 0 Å². The molecule has 1 aliphatic heterocycles. The Bertz CT molecular complexity index is 386. The Labute approximate surface area is 117 Å². The van der Waals surface area contributed by atoms with E-state index in [1.807, 2.05) is 24.3 Å². The SMILES string of the molecule is CN1CCC(C(CN)COc2ccccc2Br)C1. The van der Waals surface area contributed by atoms with Crippen LogP contribution < -0.4 is 10.5 Å². The highest BCUT2D eigenvalue weighted by molar-refractivity contribution is 9.10. The number of nitrogens with two attached hydrogens (primary N) is 1. The van der Waals surface area contributed by atoms with Gasteiger partial charge in [-0.15, -0.1) is 0 Å². The number of ether oxygens (including phenoxy) is 1. The highest BCUT2D eigenvalue weighted by atomic mass is 79.9. The quantitative estimate of drug-likeness (QED) is 0.907. The maximum atomic E-state index is 5.89. The van der Waals surface area contributed by atoms with Gasteiger partial charge in [0.05, 0.1) is 11.1 Å². The Morgan fingerprint density at radius 1 is 1.50 bits per heavy atom. The van der Waals surface area contributed by atoms with Crippen molar-refractivity contribution in [1.29, 1.82) is 0 Å². The second-order valence-corrected chi connectivity index (χ2v) is 5.90. The van der Waals surface area contributed by atoms with Gasteiger partial charge >= 0.3 is 0 Å². The van der Waals surface area contributed by atoms with Gasteiger partial charge in [-0.25, -0.2) is 0 Å². The molecule has 2 N–H and O–H groups in total. The fourth-order valence-corrected chi connectivity index (χ4v) is 2.91. The monoisotopic (exact) mass is 312 g/mol. The van der Waals surface area contributed by atoms with Crippen LogP contribution in [0.25, 0.3) is 0 Å². The molecule has 1 aromatic rings. The number of likely N-dealkylation sites (tertiary alicyclic amines) is 1. The van der Waals surface area contributed by atoms with Gasteiger partial charge in [0.2, 0.25) is 0 Å². The van der Waals surface area contributed by atoms with Crippen LogP contribution in [0, 0.1) is 11.8 Å². The number of nitrogens with zero attached hydrogens (tertiary/aromatic N) is 1. The molecule has 0 bridgehead atoms. The number of para-hydroxylation sites is 1. The summed E-state index contributed by atoms with van der Waals surface area (Å²) in [6.45, 7) is 3.72. The molecule has 1 heterocycles. The third-order valence-corrected chi connectivity index (χ3v) is 4.34. The first-order valence-corrected chi connectivity index (χ1v) is 7.26. The van der Waals surface area contributed by atoms with E-state index in [-0.39, 0.29) is 0 Å². The van der Waals surface area contributed by atoms with E-state index >= 15 is 0 Å². The van der Waals surface area contributed by atoms with Crippen LogP contribution in [0.2, 0.25) is 0 Å². The minimum atomic E-state index is 0.446. The number of hydrogen-bond donors (Lipinski definition) is 1. The van der Waals surface area contributed by atoms with Crippen LogP contribution in [-0.2, 0) is 0 Å². The first-order chi connectivity index (χ1) is 8.70. The standard InChI is InChI=1S/C14H21BrN2O/c1-17-7-6-11(9-17)12(8-16)10-18-14-5-3-2-4-13(14)15/h2-5,11-12H,6-10,16H2,1H3. The molecule has 0 aliphatic carbocycles. The van der Waals surface area contributed by atoms with Crippen molar-refractivity contribution in [3.05, 3.63) is 28.7 Å². The molecule has 1 saturated heterocycles. The molecule has 2 rings (SSSR count). The van der Waals surface area contributed by atoms with Crippen LogP contribution in [0.1, 0.15) is 6.42 Å². The Morgan fingerprint density at radius 3 is 2.89 bits per heavy atom. The van der Waals surface area contributed by atoms with Gasteiger partial charge in [0.15, 0.2) is 0 Å². The van der Waals surface area contributed by atoms with Crippen LogP contribution in [-0.4, -0.2) is 38.2 Å². The van der Waals surface area contributed by atoms with E-state index in [2.05, 4.69) is 27.9 Å². The molecule has 0 spiro atoms. The molecule has 4 heteroatoms. The summed E-state index contributed by atoms with van der Waals surface area (Å²) in [5, 5.41) is 0. The molecular weight excluding hydrogens is 292 g/mol. The smallest absolute Gasteiger partial charge is 0.133 e. The highest BCUT2D eigenvalue weighted by Gasteiger charge is 2.27. The topological polar surface area (TPSA) is 38.5 Å². The van der Waals surface area contributed by atoms with Crippen molar-refractivity contribution < 1.29 is 4.74 Å². The van der Waals surface area contributed by atoms with Crippen molar-refractivity contribution >= 4 is 15.9 Å². The first kappa shape index (κ1) is 13.8. The largest absolute Gasteiger partial charge is 0.492 e. The maximum Gasteiger partial charge on any atom is 0.133 e. The Hall–Kier alpha value is -0.580. The summed E-state index contributed by atoms with van der Waals surface area (Å²) < 4.78 is 6.90. The van der Waals surface area contributed by atoms with Gasteiger partial charge in [0.1, 0.15) is 5.75 Å². The molecule has 18 heavy (non-hydrogen) atoms. The molecule has 0 radical (unpaired) electrons. The Balaban J connectivity index is 1.89. The Kier molecular flexibility index (Phi) is 5.03. The summed E-state index contributed by atoms with van der Waals surface area (Å²) >= 11 is 3.50. The number of halogens is 1. The van der Waals surface area contributed by atoms with Gasteiger partial charge in [-0.2, -0.15) is 0 Å². The normalized spacial score (nSPS) is 22.1. The minimum Gasteiger partial charge on any atom is -0.492 e. The number of hydrogen-bond acceptors (Lipinski definition) is 3. The summed E-state index contributed by atoms with van der Waals surface area (Å²) in [6.07, 6.45) is 1.23. The molecule has 100 valence electrons. The average Bonchev–Trinajstić information content (AvgIpc) is 2.79. The fourth-order valence-electron chi connectivity index (χ4n) is 2.51. The molecule has 3 nitrogen and oxygen atoms in total. The third-order valence-electron chi connectivity index (χ3n) is 3.69. The summed E-state index contributed by atoms with van der Waals surface area (Å²) in [4.78, 5) is 2.37. The van der Waals surface area contributed by atoms with Crippen molar-refractivity contribution in [1.82, 2.24) is 4.90 Å². The lowest BCUT2D eigenvalue weighted by molar-refractivity contribution is 0.198. The van der Waals surface area contributed by atoms with E-state index in [0.717, 1.165) is 16.8 Å². The highest BCUT2D eigenvalue weighted by Crippen LogP contribution is 2.27. The summed E-state index contributed by atoms with van der Waals surface area (Å²) in [5.41, 5.74) is 5.89. The van der Waals surface area contributed by atoms with Crippen LogP contribution in [0.4, 0.5) is 0 Å². The second-order valence-electron chi connectivity index (χ2n) is 5.05. The van der Waals surface area contributed by atoms with Crippen molar-refractivity contribution in [2.24, 2.45) is 17.6 Å². The van der Waals surface area contributed by atoms with E-state index in [4.69, 9.17) is 10.5 Å². The van der Waals surface area contributed by atoms with E-state index < -0.39 is 0 Å². The van der Waals surface area contributed by atoms with E-state index in [0.29, 0.717) is 25.0 Å². The lowest BCUT2D eigenvalue weighted by atomic mass is 9.92. The Morgan fingerprint density at radius 2 is 2.28 bits per heavy atom. The van der Waals surface area contributed by atoms with Crippen molar-refractivity contribution in [2.45, 2.75) is 6.42 Å². The number of rotatable bonds is 5. The van der Waals surface area contributed by atoms with Crippen LogP contribution >= 0.6 is 15.9 Å². The molecular formula is C14H21BrN2O. The van der Waals surface area contributed by atoms with Crippen molar-refractivity contribution in [2.75, 3.05) is 33.3 Å². The van der Waals surface area contributed by atoms with Gasteiger partial charge in [0.25, 0.3) is 0 Å². The van der Waals surface area contributed by atoms with Gasteiger partial charge < -0.3 is 15.4 Å². The van der Waals surface area contributed by atoms with Gasteiger partial charge in [-0.3, -0.25) is 0 Å². The van der Waals surface area contributed by atoms with Crippen LogP contribution in [0.5, 0.6) is 5.75 Å². The molecule has 0 saturated carbocycles. The molecule has 2 unspecified atom stereocenters. The second kappa shape index (κ2) is 6.55. The predicted octanol–water partition coefficient (Wildman–Crippen LogP) is 2.35. The zero-order chi connectivity index (χ0) is 13.0. The lowest BCUT2D eigenvalue weighted by Gasteiger charge is -2.22. The maximum absolute atomic E-state index is 5.89.